The number of para-hydroxylation sites is 3. The number of ether oxygens (including phenoxy) is 1. The largest absolute Gasteiger partial charge is 0.466 e. The summed E-state index contributed by atoms with van der Waals surface area (Å²) in [4.78, 5) is 41.6. The summed E-state index contributed by atoms with van der Waals surface area (Å²) in [5, 5.41) is 0.550. The van der Waals surface area contributed by atoms with Gasteiger partial charge >= 0.3 is 11.7 Å². The smallest absolute Gasteiger partial charge is 0.329 e. The molecule has 0 bridgehead atoms. The van der Waals surface area contributed by atoms with Crippen molar-refractivity contribution in [2.75, 3.05) is 6.61 Å². The number of esters is 1. The molecule has 2 aromatic carbocycles. The second-order valence-corrected chi connectivity index (χ2v) is 8.51. The van der Waals surface area contributed by atoms with Crippen LogP contribution in [-0.4, -0.2) is 31.3 Å². The number of benzene rings is 2. The van der Waals surface area contributed by atoms with Crippen molar-refractivity contribution in [3.05, 3.63) is 75.2 Å². The summed E-state index contributed by atoms with van der Waals surface area (Å²) in [5.41, 5.74) is 2.19. The summed E-state index contributed by atoms with van der Waals surface area (Å²) in [6.07, 6.45) is 3.46. The average Bonchev–Trinajstić information content (AvgIpc) is 3.60. The molecule has 0 saturated heterocycles. The zero-order valence-electron chi connectivity index (χ0n) is 18.6. The molecular formula is C25H26N4O4. The van der Waals surface area contributed by atoms with E-state index < -0.39 is 0 Å². The van der Waals surface area contributed by atoms with E-state index in [9.17, 15) is 14.4 Å². The number of rotatable bonds is 8. The van der Waals surface area contributed by atoms with E-state index in [-0.39, 0.29) is 29.8 Å². The lowest BCUT2D eigenvalue weighted by atomic mass is 10.2. The van der Waals surface area contributed by atoms with Gasteiger partial charge < -0.3 is 9.30 Å². The predicted octanol–water partition coefficient (Wildman–Crippen LogP) is 3.24. The van der Waals surface area contributed by atoms with E-state index in [2.05, 4.69) is 4.98 Å². The van der Waals surface area contributed by atoms with E-state index in [0.29, 0.717) is 30.8 Å². The first-order chi connectivity index (χ1) is 16.0. The fraction of sp³-hybridized carbons (Fsp3) is 0.360. The van der Waals surface area contributed by atoms with Crippen molar-refractivity contribution in [3.63, 3.8) is 0 Å². The number of carbonyl (C=O) groups is 1. The minimum atomic E-state index is -0.296. The number of nitrogens with zero attached hydrogens (tertiary/aromatic N) is 4. The first-order valence-corrected chi connectivity index (χ1v) is 11.4. The lowest BCUT2D eigenvalue weighted by Gasteiger charge is -2.16. The number of hydrogen-bond acceptors (Lipinski definition) is 5. The highest BCUT2D eigenvalue weighted by Gasteiger charge is 2.29. The molecule has 0 atom stereocenters. The number of hydrogen-bond donors (Lipinski definition) is 0. The molecule has 2 heterocycles. The molecule has 170 valence electrons. The van der Waals surface area contributed by atoms with E-state index in [1.807, 2.05) is 51.6 Å². The second-order valence-electron chi connectivity index (χ2n) is 8.51. The summed E-state index contributed by atoms with van der Waals surface area (Å²) in [7, 11) is 0. The third-order valence-corrected chi connectivity index (χ3v) is 6.13. The van der Waals surface area contributed by atoms with E-state index in [1.54, 1.807) is 10.6 Å². The van der Waals surface area contributed by atoms with Crippen LogP contribution in [0.2, 0.25) is 0 Å². The molecule has 33 heavy (non-hydrogen) atoms. The lowest BCUT2D eigenvalue weighted by Crippen LogP contribution is -2.28. The third-order valence-electron chi connectivity index (χ3n) is 6.13. The Morgan fingerprint density at radius 1 is 0.970 bits per heavy atom. The van der Waals surface area contributed by atoms with Crippen LogP contribution in [-0.2, 0) is 22.6 Å². The van der Waals surface area contributed by atoms with Gasteiger partial charge in [-0.05, 0) is 49.9 Å². The Bertz CT molecular complexity index is 1460. The van der Waals surface area contributed by atoms with Crippen LogP contribution in [0.3, 0.4) is 0 Å². The van der Waals surface area contributed by atoms with Gasteiger partial charge in [-0.25, -0.2) is 4.79 Å². The normalized spacial score (nSPS) is 13.6. The number of unbranched alkanes of at least 4 members (excludes halogenated alkanes) is 1. The number of fused-ring (bicyclic) bond motifs is 2. The number of aromatic nitrogens is 4. The maximum absolute atomic E-state index is 13.4. The van der Waals surface area contributed by atoms with Crippen LogP contribution >= 0.6 is 0 Å². The van der Waals surface area contributed by atoms with Crippen molar-refractivity contribution < 1.29 is 9.53 Å². The summed E-state index contributed by atoms with van der Waals surface area (Å²) in [6.45, 7) is 2.56. The van der Waals surface area contributed by atoms with Crippen molar-refractivity contribution in [2.24, 2.45) is 0 Å². The molecule has 8 nitrogen and oxygen atoms in total. The molecule has 0 amide bonds. The zero-order valence-corrected chi connectivity index (χ0v) is 18.6. The van der Waals surface area contributed by atoms with Crippen LogP contribution in [0.1, 0.15) is 44.5 Å². The Balaban J connectivity index is 1.56. The maximum atomic E-state index is 13.4. The van der Waals surface area contributed by atoms with Gasteiger partial charge in [0.2, 0.25) is 0 Å². The topological polar surface area (TPSA) is 88.1 Å². The van der Waals surface area contributed by atoms with Crippen molar-refractivity contribution in [1.29, 1.82) is 0 Å². The number of aryl methyl sites for hydroxylation is 1. The molecule has 4 aromatic rings. The highest BCUT2D eigenvalue weighted by atomic mass is 16.5. The molecule has 8 heteroatoms. The minimum Gasteiger partial charge on any atom is -0.466 e. The Kier molecular flexibility index (Phi) is 5.58. The SMILES string of the molecule is CC(=O)OCCCCn1c(Cn2c(=O)n(C3CC3)c3ccccc32)nc(=O)c2ccccc21. The van der Waals surface area contributed by atoms with Gasteiger partial charge in [0, 0.05) is 19.5 Å². The van der Waals surface area contributed by atoms with E-state index in [0.717, 1.165) is 35.8 Å². The molecule has 1 aliphatic rings. The molecule has 5 rings (SSSR count). The number of imidazole rings is 1. The van der Waals surface area contributed by atoms with Gasteiger partial charge in [0.1, 0.15) is 5.82 Å². The van der Waals surface area contributed by atoms with Crippen LogP contribution in [0.25, 0.3) is 21.9 Å². The molecule has 0 radical (unpaired) electrons. The first kappa shape index (κ1) is 21.2. The first-order valence-electron chi connectivity index (χ1n) is 11.4. The Hall–Kier alpha value is -3.68. The molecule has 0 unspecified atom stereocenters. The van der Waals surface area contributed by atoms with Crippen LogP contribution < -0.4 is 11.2 Å². The number of carbonyl (C=O) groups excluding carboxylic acids is 1. The Morgan fingerprint density at radius 3 is 2.39 bits per heavy atom. The molecule has 1 aliphatic carbocycles. The van der Waals surface area contributed by atoms with Crippen LogP contribution in [0.4, 0.5) is 0 Å². The van der Waals surface area contributed by atoms with Crippen LogP contribution in [0, 0.1) is 0 Å². The van der Waals surface area contributed by atoms with Gasteiger partial charge in [0.25, 0.3) is 5.56 Å². The van der Waals surface area contributed by atoms with Crippen LogP contribution in [0.15, 0.2) is 58.1 Å². The molecule has 2 aromatic heterocycles. The molecule has 0 N–H and O–H groups in total. The summed E-state index contributed by atoms with van der Waals surface area (Å²) in [6, 6.07) is 15.4. The van der Waals surface area contributed by atoms with Crippen molar-refractivity contribution >= 4 is 27.9 Å². The van der Waals surface area contributed by atoms with Crippen molar-refractivity contribution in [2.45, 2.75) is 51.7 Å². The lowest BCUT2D eigenvalue weighted by molar-refractivity contribution is -0.141. The highest BCUT2D eigenvalue weighted by molar-refractivity contribution is 5.78. The molecular weight excluding hydrogens is 420 g/mol. The van der Waals surface area contributed by atoms with Crippen molar-refractivity contribution in [3.8, 4) is 0 Å². The van der Waals surface area contributed by atoms with E-state index in [4.69, 9.17) is 4.74 Å². The summed E-state index contributed by atoms with van der Waals surface area (Å²) >= 11 is 0. The molecule has 0 spiro atoms. The van der Waals surface area contributed by atoms with Crippen molar-refractivity contribution in [1.82, 2.24) is 18.7 Å². The zero-order chi connectivity index (χ0) is 22.9. The monoisotopic (exact) mass is 446 g/mol. The summed E-state index contributed by atoms with van der Waals surface area (Å²) < 4.78 is 10.7. The van der Waals surface area contributed by atoms with Gasteiger partial charge in [-0.2, -0.15) is 4.98 Å². The summed E-state index contributed by atoms with van der Waals surface area (Å²) in [5.74, 6) is 0.254. The minimum absolute atomic E-state index is 0.0671. The second kappa shape index (κ2) is 8.69. The van der Waals surface area contributed by atoms with Gasteiger partial charge in [-0.1, -0.05) is 24.3 Å². The average molecular weight is 447 g/mol. The third kappa shape index (κ3) is 4.08. The van der Waals surface area contributed by atoms with Crippen LogP contribution in [0.5, 0.6) is 0 Å². The maximum Gasteiger partial charge on any atom is 0.329 e. The molecule has 1 fully saturated rings. The standard InChI is InChI=1S/C25H26N4O4/c1-17(30)33-15-7-6-14-27-20-9-3-2-8-19(20)24(31)26-23(27)16-28-21-10-4-5-11-22(21)29(25(28)32)18-12-13-18/h2-5,8-11,18H,6-7,12-16H2,1H3. The van der Waals surface area contributed by atoms with E-state index >= 15 is 0 Å². The fourth-order valence-corrected chi connectivity index (χ4v) is 4.44. The Morgan fingerprint density at radius 2 is 1.67 bits per heavy atom. The fourth-order valence-electron chi connectivity index (χ4n) is 4.44. The van der Waals surface area contributed by atoms with Gasteiger partial charge in [-0.15, -0.1) is 0 Å². The molecule has 0 aliphatic heterocycles. The van der Waals surface area contributed by atoms with Gasteiger partial charge in [-0.3, -0.25) is 18.7 Å². The van der Waals surface area contributed by atoms with Gasteiger partial charge in [0.15, 0.2) is 0 Å². The molecule has 1 saturated carbocycles. The predicted molar refractivity (Wildman–Crippen MR) is 125 cm³/mol. The van der Waals surface area contributed by atoms with Gasteiger partial charge in [0.05, 0.1) is 35.1 Å². The highest BCUT2D eigenvalue weighted by Crippen LogP contribution is 2.36. The quantitative estimate of drug-likeness (QED) is 0.306. The van der Waals surface area contributed by atoms with E-state index in [1.165, 1.54) is 6.92 Å². The Labute approximate surface area is 190 Å².